The maximum Gasteiger partial charge on any atom is 0.287 e. The van der Waals surface area contributed by atoms with Gasteiger partial charge >= 0.3 is 0 Å². The molecule has 0 bridgehead atoms. The van der Waals surface area contributed by atoms with Gasteiger partial charge in [-0.3, -0.25) is 9.59 Å². The van der Waals surface area contributed by atoms with Gasteiger partial charge < -0.3 is 19.5 Å². The zero-order chi connectivity index (χ0) is 29.9. The summed E-state index contributed by atoms with van der Waals surface area (Å²) in [7, 11) is -4.06. The van der Waals surface area contributed by atoms with Gasteiger partial charge in [0, 0.05) is 27.9 Å². The lowest BCUT2D eigenvalue weighted by Gasteiger charge is -2.11. The molecule has 3 N–H and O–H groups in total. The Labute approximate surface area is 248 Å². The fourth-order valence-corrected chi connectivity index (χ4v) is 5.77. The number of H-pyrrole nitrogens is 1. The molecule has 0 aliphatic rings. The van der Waals surface area contributed by atoms with Crippen LogP contribution in [0.5, 0.6) is 5.75 Å². The van der Waals surface area contributed by atoms with E-state index in [-0.39, 0.29) is 18.0 Å². The van der Waals surface area contributed by atoms with Gasteiger partial charge in [0.2, 0.25) is 10.0 Å². The number of amides is 2. The van der Waals surface area contributed by atoms with Crippen molar-refractivity contribution in [2.45, 2.75) is 26.7 Å². The number of benzene rings is 3. The van der Waals surface area contributed by atoms with E-state index in [1.54, 1.807) is 18.2 Å². The van der Waals surface area contributed by atoms with Crippen molar-refractivity contribution in [3.63, 3.8) is 0 Å². The molecule has 3 aromatic carbocycles. The summed E-state index contributed by atoms with van der Waals surface area (Å²) >= 11 is 6.25. The summed E-state index contributed by atoms with van der Waals surface area (Å²) in [4.78, 5) is 28.7. The first kappa shape index (κ1) is 29.2. The number of sulfonamides is 1. The Balaban J connectivity index is 1.20. The summed E-state index contributed by atoms with van der Waals surface area (Å²) in [6, 6.07) is 19.9. The van der Waals surface area contributed by atoms with Crippen molar-refractivity contribution in [2.75, 3.05) is 18.9 Å². The number of aromatic amines is 1. The van der Waals surface area contributed by atoms with Crippen LogP contribution in [-0.2, 0) is 16.4 Å². The third kappa shape index (κ3) is 6.61. The lowest BCUT2D eigenvalue weighted by atomic mass is 10.1. The first-order valence-corrected chi connectivity index (χ1v) is 15.4. The Kier molecular flexibility index (Phi) is 8.56. The van der Waals surface area contributed by atoms with Crippen LogP contribution in [0.1, 0.15) is 44.2 Å². The molecule has 5 aromatic rings. The highest BCUT2D eigenvalue weighted by Gasteiger charge is 2.23. The van der Waals surface area contributed by atoms with E-state index in [9.17, 15) is 18.0 Å². The number of ether oxygens (including phenoxy) is 1. The predicted octanol–water partition coefficient (Wildman–Crippen LogP) is 5.69. The van der Waals surface area contributed by atoms with Crippen molar-refractivity contribution in [2.24, 2.45) is 0 Å². The number of hydrogen-bond acceptors (Lipinski definition) is 6. The number of aromatic nitrogens is 1. The number of para-hydroxylation sites is 2. The van der Waals surface area contributed by atoms with Gasteiger partial charge in [0.15, 0.2) is 5.76 Å². The molecule has 0 aliphatic carbocycles. The second-order valence-electron chi connectivity index (χ2n) is 10.0. The van der Waals surface area contributed by atoms with Crippen molar-refractivity contribution in [3.8, 4) is 5.75 Å². The van der Waals surface area contributed by atoms with Crippen LogP contribution in [0.15, 0.2) is 71.1 Å². The SMILES string of the molecule is Cc1cc(OCCCc2c(C(=O)NS(=O)(=O)CCNC(=O)c3cc4ccccc4o3)[nH]c3ccccc23)cc(C)c1Cl. The first-order valence-electron chi connectivity index (χ1n) is 13.4. The van der Waals surface area contributed by atoms with Gasteiger partial charge in [-0.2, -0.15) is 0 Å². The minimum Gasteiger partial charge on any atom is -0.494 e. The Morgan fingerprint density at radius 2 is 1.69 bits per heavy atom. The van der Waals surface area contributed by atoms with Gasteiger partial charge in [-0.15, -0.1) is 0 Å². The second kappa shape index (κ2) is 12.3. The van der Waals surface area contributed by atoms with E-state index in [1.165, 1.54) is 0 Å². The maximum absolute atomic E-state index is 13.2. The number of carbonyl (C=O) groups excluding carboxylic acids is 2. The average molecular weight is 608 g/mol. The Bertz CT molecular complexity index is 1840. The van der Waals surface area contributed by atoms with E-state index in [2.05, 4.69) is 15.0 Å². The average Bonchev–Trinajstić information content (AvgIpc) is 3.56. The lowest BCUT2D eigenvalue weighted by molar-refractivity contribution is 0.0930. The quantitative estimate of drug-likeness (QED) is 0.165. The molecule has 0 saturated carbocycles. The number of halogens is 1. The summed E-state index contributed by atoms with van der Waals surface area (Å²) in [5.74, 6) is -1.02. The Hall–Kier alpha value is -4.28. The standard InChI is InChI=1S/C31H30ClN3O6S/c1-19-16-22(17-20(2)28(19)32)40-14-7-10-24-23-9-4-5-11-25(23)34-29(24)31(37)35-42(38,39)15-13-33-30(36)27-18-21-8-3-6-12-26(21)41-27/h3-6,8-9,11-12,16-18,34H,7,10,13-15H2,1-2H3,(H,33,36)(H,35,37). The molecule has 9 nitrogen and oxygen atoms in total. The van der Waals surface area contributed by atoms with E-state index in [0.29, 0.717) is 41.4 Å². The number of hydrogen-bond donors (Lipinski definition) is 3. The second-order valence-corrected chi connectivity index (χ2v) is 12.2. The minimum atomic E-state index is -4.06. The van der Waals surface area contributed by atoms with Crippen molar-refractivity contribution >= 4 is 55.3 Å². The van der Waals surface area contributed by atoms with Crippen LogP contribution in [0.3, 0.4) is 0 Å². The fraction of sp³-hybridized carbons (Fsp3) is 0.226. The highest BCUT2D eigenvalue weighted by atomic mass is 35.5. The molecule has 0 unspecified atom stereocenters. The third-order valence-electron chi connectivity index (χ3n) is 6.84. The summed E-state index contributed by atoms with van der Waals surface area (Å²) in [5.41, 5.74) is 4.00. The van der Waals surface area contributed by atoms with Gasteiger partial charge in [0.1, 0.15) is 17.0 Å². The fourth-order valence-electron chi connectivity index (χ4n) is 4.81. The zero-order valence-corrected chi connectivity index (χ0v) is 24.7. The Morgan fingerprint density at radius 3 is 2.45 bits per heavy atom. The van der Waals surface area contributed by atoms with E-state index in [0.717, 1.165) is 27.4 Å². The van der Waals surface area contributed by atoms with E-state index >= 15 is 0 Å². The molecule has 218 valence electrons. The molecule has 0 fully saturated rings. The lowest BCUT2D eigenvalue weighted by Crippen LogP contribution is -2.37. The van der Waals surface area contributed by atoms with Crippen molar-refractivity contribution in [1.82, 2.24) is 15.0 Å². The van der Waals surface area contributed by atoms with E-state index in [1.807, 2.05) is 62.4 Å². The first-order chi connectivity index (χ1) is 20.1. The van der Waals surface area contributed by atoms with Gasteiger partial charge in [-0.1, -0.05) is 48.0 Å². The minimum absolute atomic E-state index is 0.0747. The summed E-state index contributed by atoms with van der Waals surface area (Å²) in [6.07, 6.45) is 1.06. The summed E-state index contributed by atoms with van der Waals surface area (Å²) in [5, 5.41) is 4.83. The van der Waals surface area contributed by atoms with Crippen molar-refractivity contribution < 1.29 is 27.2 Å². The summed E-state index contributed by atoms with van der Waals surface area (Å²) < 4.78 is 39.0. The molecule has 0 radical (unpaired) electrons. The van der Waals surface area contributed by atoms with Crippen LogP contribution in [0.2, 0.25) is 5.02 Å². The van der Waals surface area contributed by atoms with Gasteiger partial charge in [-0.05, 0) is 73.7 Å². The molecular weight excluding hydrogens is 578 g/mol. The van der Waals surface area contributed by atoms with Gasteiger partial charge in [-0.25, -0.2) is 13.1 Å². The van der Waals surface area contributed by atoms with Gasteiger partial charge in [0.05, 0.1) is 12.4 Å². The molecular formula is C31H30ClN3O6S. The largest absolute Gasteiger partial charge is 0.494 e. The van der Waals surface area contributed by atoms with Gasteiger partial charge in [0.25, 0.3) is 11.8 Å². The Morgan fingerprint density at radius 1 is 0.976 bits per heavy atom. The smallest absolute Gasteiger partial charge is 0.287 e. The van der Waals surface area contributed by atoms with E-state index in [4.69, 9.17) is 20.8 Å². The van der Waals surface area contributed by atoms with Crippen molar-refractivity contribution in [1.29, 1.82) is 0 Å². The number of nitrogens with one attached hydrogen (secondary N) is 3. The number of aryl methyl sites for hydroxylation is 3. The monoisotopic (exact) mass is 607 g/mol. The molecule has 2 aromatic heterocycles. The normalized spacial score (nSPS) is 11.6. The number of furan rings is 1. The van der Waals surface area contributed by atoms with E-state index < -0.39 is 27.6 Å². The maximum atomic E-state index is 13.2. The molecule has 0 spiro atoms. The number of fused-ring (bicyclic) bond motifs is 2. The number of rotatable bonds is 11. The zero-order valence-electron chi connectivity index (χ0n) is 23.1. The van der Waals surface area contributed by atoms with Crippen LogP contribution in [0.25, 0.3) is 21.9 Å². The molecule has 11 heteroatoms. The van der Waals surface area contributed by atoms with Crippen LogP contribution < -0.4 is 14.8 Å². The predicted molar refractivity (Wildman–Crippen MR) is 163 cm³/mol. The molecule has 0 aliphatic heterocycles. The van der Waals surface area contributed by atoms with Crippen LogP contribution in [0, 0.1) is 13.8 Å². The third-order valence-corrected chi connectivity index (χ3v) is 8.68. The topological polar surface area (TPSA) is 130 Å². The number of carbonyl (C=O) groups is 2. The van der Waals surface area contributed by atoms with Crippen LogP contribution in [0.4, 0.5) is 0 Å². The summed E-state index contributed by atoms with van der Waals surface area (Å²) in [6.45, 7) is 4.02. The van der Waals surface area contributed by atoms with Crippen molar-refractivity contribution in [3.05, 3.63) is 99.9 Å². The molecule has 2 heterocycles. The molecule has 2 amide bonds. The molecule has 42 heavy (non-hydrogen) atoms. The van der Waals surface area contributed by atoms with Crippen LogP contribution in [-0.4, -0.2) is 44.1 Å². The molecule has 5 rings (SSSR count). The van der Waals surface area contributed by atoms with Crippen LogP contribution >= 0.6 is 11.6 Å². The highest BCUT2D eigenvalue weighted by Crippen LogP contribution is 2.27. The highest BCUT2D eigenvalue weighted by molar-refractivity contribution is 7.90. The molecule has 0 atom stereocenters. The molecule has 0 saturated heterocycles.